The lowest BCUT2D eigenvalue weighted by molar-refractivity contribution is 0.318. The van der Waals surface area contributed by atoms with Crippen LogP contribution in [0.3, 0.4) is 0 Å². The van der Waals surface area contributed by atoms with Crippen molar-refractivity contribution in [1.29, 1.82) is 0 Å². The smallest absolute Gasteiger partial charge is 0.170 e. The predicted molar refractivity (Wildman–Crippen MR) is 86.0 cm³/mol. The van der Waals surface area contributed by atoms with E-state index in [1.165, 1.54) is 0 Å². The van der Waals surface area contributed by atoms with Gasteiger partial charge in [-0.15, -0.1) is 0 Å². The van der Waals surface area contributed by atoms with Crippen molar-refractivity contribution in [3.63, 3.8) is 0 Å². The Morgan fingerprint density at radius 1 is 1.10 bits per heavy atom. The van der Waals surface area contributed by atoms with Gasteiger partial charge in [-0.05, 0) is 29.3 Å². The number of nitrogens with zero attached hydrogens (tertiary/aromatic N) is 1. The van der Waals surface area contributed by atoms with Gasteiger partial charge in [0.15, 0.2) is 5.84 Å². The molecule has 0 aliphatic heterocycles. The number of benzene rings is 2. The first-order valence-corrected chi connectivity index (χ1v) is 7.07. The average molecular weight is 324 g/mol. The van der Waals surface area contributed by atoms with Crippen LogP contribution >= 0.6 is 23.2 Å². The van der Waals surface area contributed by atoms with E-state index in [-0.39, 0.29) is 5.84 Å². The highest BCUT2D eigenvalue weighted by molar-refractivity contribution is 6.31. The number of nitrogens with one attached hydrogen (secondary N) is 1. The minimum atomic E-state index is 0.0394. The summed E-state index contributed by atoms with van der Waals surface area (Å²) in [6, 6.07) is 13.0. The molecule has 0 spiro atoms. The first kappa shape index (κ1) is 15.6. The van der Waals surface area contributed by atoms with Crippen LogP contribution in [0.25, 0.3) is 0 Å². The van der Waals surface area contributed by atoms with Crippen molar-refractivity contribution in [3.05, 3.63) is 69.2 Å². The quantitative estimate of drug-likeness (QED) is 0.342. The maximum atomic E-state index is 8.63. The highest BCUT2D eigenvalue weighted by Crippen LogP contribution is 2.18. The number of hydrogen-bond donors (Lipinski definition) is 3. The SMILES string of the molecule is N/C(=N/O)c1ccc(CNCc2ccc(Cl)cc2)c(Cl)c1. The van der Waals surface area contributed by atoms with E-state index in [1.807, 2.05) is 30.3 Å². The van der Waals surface area contributed by atoms with Crippen LogP contribution in [0.2, 0.25) is 10.0 Å². The Balaban J connectivity index is 1.96. The summed E-state index contributed by atoms with van der Waals surface area (Å²) < 4.78 is 0. The summed E-state index contributed by atoms with van der Waals surface area (Å²) in [4.78, 5) is 0. The lowest BCUT2D eigenvalue weighted by Crippen LogP contribution is -2.15. The van der Waals surface area contributed by atoms with Gasteiger partial charge in [-0.25, -0.2) is 0 Å². The maximum Gasteiger partial charge on any atom is 0.170 e. The third kappa shape index (κ3) is 4.36. The molecule has 0 saturated carbocycles. The zero-order valence-corrected chi connectivity index (χ0v) is 12.7. The lowest BCUT2D eigenvalue weighted by Gasteiger charge is -2.08. The molecule has 0 amide bonds. The van der Waals surface area contributed by atoms with E-state index < -0.39 is 0 Å². The standard InChI is InChI=1S/C15H15Cl2N3O/c16-13-5-1-10(2-6-13)8-19-9-12-4-3-11(7-14(12)17)15(18)20-21/h1-7,19,21H,8-9H2,(H2,18,20). The summed E-state index contributed by atoms with van der Waals surface area (Å²) >= 11 is 12.0. The van der Waals surface area contributed by atoms with Gasteiger partial charge in [-0.3, -0.25) is 0 Å². The van der Waals surface area contributed by atoms with Crippen LogP contribution in [0.1, 0.15) is 16.7 Å². The van der Waals surface area contributed by atoms with Gasteiger partial charge >= 0.3 is 0 Å². The van der Waals surface area contributed by atoms with Crippen molar-refractivity contribution in [1.82, 2.24) is 5.32 Å². The Kier molecular flexibility index (Phi) is 5.44. The molecule has 21 heavy (non-hydrogen) atoms. The van der Waals surface area contributed by atoms with Gasteiger partial charge in [0.2, 0.25) is 0 Å². The lowest BCUT2D eigenvalue weighted by atomic mass is 10.1. The van der Waals surface area contributed by atoms with Crippen molar-refractivity contribution >= 4 is 29.0 Å². The van der Waals surface area contributed by atoms with Crippen LogP contribution in [0.4, 0.5) is 0 Å². The Morgan fingerprint density at radius 3 is 2.43 bits per heavy atom. The molecule has 4 nitrogen and oxygen atoms in total. The number of amidine groups is 1. The molecule has 0 atom stereocenters. The first-order valence-electron chi connectivity index (χ1n) is 6.31. The molecule has 2 aromatic rings. The molecule has 0 radical (unpaired) electrons. The van der Waals surface area contributed by atoms with Crippen molar-refractivity contribution in [3.8, 4) is 0 Å². The number of hydrogen-bond acceptors (Lipinski definition) is 3. The van der Waals surface area contributed by atoms with E-state index in [0.717, 1.165) is 22.7 Å². The minimum absolute atomic E-state index is 0.0394. The molecule has 110 valence electrons. The normalized spacial score (nSPS) is 11.6. The molecule has 2 aromatic carbocycles. The van der Waals surface area contributed by atoms with Gasteiger partial charge < -0.3 is 16.3 Å². The van der Waals surface area contributed by atoms with E-state index in [9.17, 15) is 0 Å². The molecule has 0 aliphatic carbocycles. The number of nitrogens with two attached hydrogens (primary N) is 1. The van der Waals surface area contributed by atoms with Gasteiger partial charge in [-0.1, -0.05) is 52.6 Å². The zero-order valence-electron chi connectivity index (χ0n) is 11.2. The second kappa shape index (κ2) is 7.31. The molecular weight excluding hydrogens is 309 g/mol. The van der Waals surface area contributed by atoms with E-state index in [0.29, 0.717) is 17.1 Å². The molecule has 0 aliphatic rings. The first-order chi connectivity index (χ1) is 10.1. The monoisotopic (exact) mass is 323 g/mol. The van der Waals surface area contributed by atoms with Crippen molar-refractivity contribution in [2.75, 3.05) is 0 Å². The Bertz CT molecular complexity index is 642. The van der Waals surface area contributed by atoms with Crippen LogP contribution in [0.15, 0.2) is 47.6 Å². The van der Waals surface area contributed by atoms with Gasteiger partial charge in [0.1, 0.15) is 0 Å². The third-order valence-electron chi connectivity index (χ3n) is 3.01. The van der Waals surface area contributed by atoms with Gasteiger partial charge in [-0.2, -0.15) is 0 Å². The molecule has 2 rings (SSSR count). The van der Waals surface area contributed by atoms with Gasteiger partial charge in [0.25, 0.3) is 0 Å². The maximum absolute atomic E-state index is 8.63. The molecule has 0 aromatic heterocycles. The highest BCUT2D eigenvalue weighted by atomic mass is 35.5. The third-order valence-corrected chi connectivity index (χ3v) is 3.62. The van der Waals surface area contributed by atoms with E-state index >= 15 is 0 Å². The second-order valence-corrected chi connectivity index (χ2v) is 5.37. The number of oxime groups is 1. The van der Waals surface area contributed by atoms with Gasteiger partial charge in [0, 0.05) is 28.7 Å². The molecule has 4 N–H and O–H groups in total. The van der Waals surface area contributed by atoms with Crippen LogP contribution in [0, 0.1) is 0 Å². The van der Waals surface area contributed by atoms with Crippen LogP contribution in [-0.2, 0) is 13.1 Å². The van der Waals surface area contributed by atoms with Crippen LogP contribution in [0.5, 0.6) is 0 Å². The fourth-order valence-corrected chi connectivity index (χ4v) is 2.22. The molecule has 0 heterocycles. The Labute approximate surface area is 133 Å². The van der Waals surface area contributed by atoms with Crippen molar-refractivity contribution in [2.45, 2.75) is 13.1 Å². The zero-order chi connectivity index (χ0) is 15.2. The fraction of sp³-hybridized carbons (Fsp3) is 0.133. The van der Waals surface area contributed by atoms with E-state index in [4.69, 9.17) is 34.1 Å². The molecular formula is C15H15Cl2N3O. The molecule has 0 unspecified atom stereocenters. The Hall–Kier alpha value is -1.75. The van der Waals surface area contributed by atoms with E-state index in [2.05, 4.69) is 10.5 Å². The topological polar surface area (TPSA) is 70.6 Å². The largest absolute Gasteiger partial charge is 0.409 e. The predicted octanol–water partition coefficient (Wildman–Crippen LogP) is 3.38. The average Bonchev–Trinajstić information content (AvgIpc) is 2.50. The molecule has 0 saturated heterocycles. The summed E-state index contributed by atoms with van der Waals surface area (Å²) in [5.41, 5.74) is 8.19. The number of rotatable bonds is 5. The van der Waals surface area contributed by atoms with E-state index in [1.54, 1.807) is 12.1 Å². The minimum Gasteiger partial charge on any atom is -0.409 e. The summed E-state index contributed by atoms with van der Waals surface area (Å²) in [5.74, 6) is 0.0394. The molecule has 0 fully saturated rings. The van der Waals surface area contributed by atoms with Crippen molar-refractivity contribution in [2.24, 2.45) is 10.9 Å². The summed E-state index contributed by atoms with van der Waals surface area (Å²) in [5, 5.41) is 16.2. The summed E-state index contributed by atoms with van der Waals surface area (Å²) in [6.07, 6.45) is 0. The highest BCUT2D eigenvalue weighted by Gasteiger charge is 2.05. The summed E-state index contributed by atoms with van der Waals surface area (Å²) in [6.45, 7) is 1.34. The molecule has 6 heteroatoms. The summed E-state index contributed by atoms with van der Waals surface area (Å²) in [7, 11) is 0. The van der Waals surface area contributed by atoms with Crippen LogP contribution < -0.4 is 11.1 Å². The molecule has 0 bridgehead atoms. The van der Waals surface area contributed by atoms with Crippen molar-refractivity contribution < 1.29 is 5.21 Å². The van der Waals surface area contributed by atoms with Crippen LogP contribution in [-0.4, -0.2) is 11.0 Å². The number of halogens is 2. The Morgan fingerprint density at radius 2 is 1.81 bits per heavy atom. The van der Waals surface area contributed by atoms with Gasteiger partial charge in [0.05, 0.1) is 0 Å². The fourth-order valence-electron chi connectivity index (χ4n) is 1.85. The second-order valence-electron chi connectivity index (χ2n) is 4.52.